The van der Waals surface area contributed by atoms with Crippen molar-refractivity contribution in [1.29, 1.82) is 0 Å². The zero-order valence-electron chi connectivity index (χ0n) is 9.90. The molecule has 1 aliphatic rings. The van der Waals surface area contributed by atoms with Crippen molar-refractivity contribution in [2.75, 3.05) is 33.3 Å². The molecule has 0 atom stereocenters. The minimum Gasteiger partial charge on any atom is -0.497 e. The molecule has 17 heavy (non-hydrogen) atoms. The summed E-state index contributed by atoms with van der Waals surface area (Å²) < 4.78 is 4.86. The average molecular weight is 238 g/mol. The van der Waals surface area contributed by atoms with Crippen molar-refractivity contribution in [3.8, 4) is 5.75 Å². The zero-order valence-corrected chi connectivity index (χ0v) is 9.90. The van der Waals surface area contributed by atoms with E-state index < -0.39 is 5.97 Å². The van der Waals surface area contributed by atoms with Crippen molar-refractivity contribution in [3.05, 3.63) is 29.8 Å². The van der Waals surface area contributed by atoms with Crippen LogP contribution in [0, 0.1) is 0 Å². The Morgan fingerprint density at radius 3 is 1.88 bits per heavy atom. The second-order valence-corrected chi connectivity index (χ2v) is 3.53. The van der Waals surface area contributed by atoms with Crippen LogP contribution in [0.15, 0.2) is 24.3 Å². The molecule has 0 aromatic heterocycles. The van der Waals surface area contributed by atoms with Crippen LogP contribution in [-0.4, -0.2) is 44.4 Å². The van der Waals surface area contributed by atoms with Crippen LogP contribution in [0.5, 0.6) is 5.75 Å². The summed E-state index contributed by atoms with van der Waals surface area (Å²) in [6.07, 6.45) is 0. The number of ether oxygens (including phenoxy) is 1. The fourth-order valence-corrected chi connectivity index (χ4v) is 1.34. The fourth-order valence-electron chi connectivity index (χ4n) is 1.34. The highest BCUT2D eigenvalue weighted by molar-refractivity contribution is 5.87. The smallest absolute Gasteiger partial charge is 0.335 e. The van der Waals surface area contributed by atoms with Crippen LogP contribution in [-0.2, 0) is 0 Å². The van der Waals surface area contributed by atoms with E-state index in [9.17, 15) is 4.79 Å². The molecular weight excluding hydrogens is 220 g/mol. The SMILES string of the molecule is C1CNCCN1.COc1ccc(C(=O)O)cc1. The molecule has 0 amide bonds. The maximum Gasteiger partial charge on any atom is 0.335 e. The van der Waals surface area contributed by atoms with Gasteiger partial charge < -0.3 is 20.5 Å². The van der Waals surface area contributed by atoms with Gasteiger partial charge in [0.1, 0.15) is 5.75 Å². The number of nitrogens with one attached hydrogen (secondary N) is 2. The topological polar surface area (TPSA) is 70.6 Å². The molecule has 0 unspecified atom stereocenters. The van der Waals surface area contributed by atoms with E-state index in [1.807, 2.05) is 0 Å². The first-order valence-corrected chi connectivity index (χ1v) is 5.53. The van der Waals surface area contributed by atoms with Gasteiger partial charge in [0.05, 0.1) is 12.7 Å². The van der Waals surface area contributed by atoms with Gasteiger partial charge in [-0.05, 0) is 24.3 Å². The van der Waals surface area contributed by atoms with Gasteiger partial charge in [-0.1, -0.05) is 0 Å². The minimum atomic E-state index is -0.923. The summed E-state index contributed by atoms with van der Waals surface area (Å²) in [6.45, 7) is 4.56. The van der Waals surface area contributed by atoms with E-state index in [2.05, 4.69) is 10.6 Å². The highest BCUT2D eigenvalue weighted by Crippen LogP contribution is 2.10. The van der Waals surface area contributed by atoms with E-state index >= 15 is 0 Å². The normalized spacial score (nSPS) is 14.4. The maximum atomic E-state index is 10.4. The third kappa shape index (κ3) is 5.33. The Morgan fingerprint density at radius 2 is 1.59 bits per heavy atom. The number of aromatic carboxylic acids is 1. The van der Waals surface area contributed by atoms with Gasteiger partial charge in [-0.3, -0.25) is 0 Å². The molecule has 5 nitrogen and oxygen atoms in total. The summed E-state index contributed by atoms with van der Waals surface area (Å²) in [5.74, 6) is -0.261. The Bertz CT molecular complexity index is 323. The lowest BCUT2D eigenvalue weighted by Crippen LogP contribution is -2.39. The van der Waals surface area contributed by atoms with E-state index in [-0.39, 0.29) is 5.56 Å². The molecule has 0 saturated carbocycles. The molecule has 2 rings (SSSR count). The van der Waals surface area contributed by atoms with Crippen LogP contribution >= 0.6 is 0 Å². The molecule has 1 heterocycles. The summed E-state index contributed by atoms with van der Waals surface area (Å²) in [5.41, 5.74) is 0.269. The Kier molecular flexibility index (Phi) is 6.06. The summed E-state index contributed by atoms with van der Waals surface area (Å²) in [5, 5.41) is 15.0. The summed E-state index contributed by atoms with van der Waals surface area (Å²) in [4.78, 5) is 10.4. The number of methoxy groups -OCH3 is 1. The van der Waals surface area contributed by atoms with Crippen molar-refractivity contribution in [1.82, 2.24) is 10.6 Å². The summed E-state index contributed by atoms with van der Waals surface area (Å²) in [6, 6.07) is 6.23. The first-order chi connectivity index (χ1) is 8.24. The van der Waals surface area contributed by atoms with Gasteiger partial charge in [-0.2, -0.15) is 0 Å². The van der Waals surface area contributed by atoms with Crippen molar-refractivity contribution >= 4 is 5.97 Å². The largest absolute Gasteiger partial charge is 0.497 e. The molecule has 1 saturated heterocycles. The lowest BCUT2D eigenvalue weighted by Gasteiger charge is -2.11. The zero-order chi connectivity index (χ0) is 12.5. The van der Waals surface area contributed by atoms with Gasteiger partial charge in [0.25, 0.3) is 0 Å². The Labute approximate surface area is 101 Å². The Hall–Kier alpha value is -1.59. The number of benzene rings is 1. The molecule has 1 aromatic carbocycles. The molecule has 0 bridgehead atoms. The predicted octanol–water partition coefficient (Wildman–Crippen LogP) is 0.573. The third-order valence-corrected chi connectivity index (χ3v) is 2.29. The van der Waals surface area contributed by atoms with Gasteiger partial charge in [-0.25, -0.2) is 4.79 Å². The van der Waals surface area contributed by atoms with Gasteiger partial charge in [0.2, 0.25) is 0 Å². The number of rotatable bonds is 2. The lowest BCUT2D eigenvalue weighted by atomic mass is 10.2. The van der Waals surface area contributed by atoms with Gasteiger partial charge in [-0.15, -0.1) is 0 Å². The van der Waals surface area contributed by atoms with Gasteiger partial charge in [0.15, 0.2) is 0 Å². The van der Waals surface area contributed by atoms with E-state index in [0.29, 0.717) is 5.75 Å². The molecular formula is C12H18N2O3. The van der Waals surface area contributed by atoms with Crippen molar-refractivity contribution < 1.29 is 14.6 Å². The Morgan fingerprint density at radius 1 is 1.12 bits per heavy atom. The minimum absolute atomic E-state index is 0.269. The number of hydrogen-bond acceptors (Lipinski definition) is 4. The quantitative estimate of drug-likeness (QED) is 0.703. The second kappa shape index (κ2) is 7.65. The first-order valence-electron chi connectivity index (χ1n) is 5.53. The molecule has 0 spiro atoms. The average Bonchev–Trinajstić information content (AvgIpc) is 2.41. The number of carbonyl (C=O) groups is 1. The van der Waals surface area contributed by atoms with Crippen LogP contribution in [0.4, 0.5) is 0 Å². The molecule has 1 aromatic rings. The Balaban J connectivity index is 0.000000202. The van der Waals surface area contributed by atoms with Crippen LogP contribution in [0.25, 0.3) is 0 Å². The molecule has 1 fully saturated rings. The third-order valence-electron chi connectivity index (χ3n) is 2.29. The molecule has 0 aliphatic carbocycles. The number of carboxylic acids is 1. The van der Waals surface area contributed by atoms with Gasteiger partial charge >= 0.3 is 5.97 Å². The van der Waals surface area contributed by atoms with Crippen LogP contribution < -0.4 is 15.4 Å². The molecule has 5 heteroatoms. The van der Waals surface area contributed by atoms with Crippen LogP contribution in [0.1, 0.15) is 10.4 Å². The van der Waals surface area contributed by atoms with E-state index in [4.69, 9.17) is 9.84 Å². The number of carboxylic acid groups (broad SMARTS) is 1. The molecule has 3 N–H and O–H groups in total. The highest BCUT2D eigenvalue weighted by atomic mass is 16.5. The van der Waals surface area contributed by atoms with Gasteiger partial charge in [0, 0.05) is 26.2 Å². The summed E-state index contributed by atoms with van der Waals surface area (Å²) >= 11 is 0. The predicted molar refractivity (Wildman–Crippen MR) is 65.7 cm³/mol. The van der Waals surface area contributed by atoms with Crippen LogP contribution in [0.2, 0.25) is 0 Å². The van der Waals surface area contributed by atoms with Crippen molar-refractivity contribution in [2.24, 2.45) is 0 Å². The maximum absolute atomic E-state index is 10.4. The van der Waals surface area contributed by atoms with E-state index in [1.54, 1.807) is 12.1 Å². The second-order valence-electron chi connectivity index (χ2n) is 3.53. The van der Waals surface area contributed by atoms with E-state index in [0.717, 1.165) is 26.2 Å². The van der Waals surface area contributed by atoms with Crippen molar-refractivity contribution in [3.63, 3.8) is 0 Å². The highest BCUT2D eigenvalue weighted by Gasteiger charge is 2.00. The summed E-state index contributed by atoms with van der Waals surface area (Å²) in [7, 11) is 1.54. The van der Waals surface area contributed by atoms with Crippen molar-refractivity contribution in [2.45, 2.75) is 0 Å². The fraction of sp³-hybridized carbons (Fsp3) is 0.417. The van der Waals surface area contributed by atoms with E-state index in [1.165, 1.54) is 19.2 Å². The van der Waals surface area contributed by atoms with Crippen LogP contribution in [0.3, 0.4) is 0 Å². The first kappa shape index (κ1) is 13.5. The number of hydrogen-bond donors (Lipinski definition) is 3. The standard InChI is InChI=1S/C8H8O3.C4H10N2/c1-11-7-4-2-6(3-5-7)8(9)10;1-2-6-4-3-5-1/h2-5H,1H3,(H,9,10);5-6H,1-4H2. The molecule has 94 valence electrons. The molecule has 0 radical (unpaired) electrons. The lowest BCUT2D eigenvalue weighted by molar-refractivity contribution is 0.0697. The molecule has 1 aliphatic heterocycles. The number of piperazine rings is 1. The monoisotopic (exact) mass is 238 g/mol.